The van der Waals surface area contributed by atoms with Gasteiger partial charge in [0.05, 0.1) is 33.3 Å². The number of rotatable bonds is 5. The van der Waals surface area contributed by atoms with E-state index in [2.05, 4.69) is 0 Å². The summed E-state index contributed by atoms with van der Waals surface area (Å²) in [5.74, 6) is -0.780. The van der Waals surface area contributed by atoms with Gasteiger partial charge in [0.1, 0.15) is 0 Å². The van der Waals surface area contributed by atoms with Crippen LogP contribution in [0.15, 0.2) is 29.2 Å². The van der Waals surface area contributed by atoms with Crippen LogP contribution in [0.5, 0.6) is 0 Å². The normalized spacial score (nSPS) is 16.7. The first-order valence-corrected chi connectivity index (χ1v) is 10.2. The Morgan fingerprint density at radius 1 is 1.10 bits per heavy atom. The second-order valence-electron chi connectivity index (χ2n) is 5.23. The molecule has 2 rings (SSSR count). The third-order valence-corrected chi connectivity index (χ3v) is 8.00. The lowest BCUT2D eigenvalue weighted by atomic mass is 10.2. The van der Waals surface area contributed by atoms with Crippen molar-refractivity contribution in [2.75, 3.05) is 11.5 Å². The van der Waals surface area contributed by atoms with Crippen molar-refractivity contribution in [3.05, 3.63) is 29.8 Å². The molecule has 0 saturated heterocycles. The molecule has 5 nitrogen and oxygen atoms in total. The summed E-state index contributed by atoms with van der Waals surface area (Å²) in [5.41, 5.74) is 0.245. The van der Waals surface area contributed by atoms with Crippen LogP contribution in [0.1, 0.15) is 31.2 Å². The Morgan fingerprint density at radius 2 is 1.76 bits per heavy atom. The predicted molar refractivity (Wildman–Crippen MR) is 79.3 cm³/mol. The highest BCUT2D eigenvalue weighted by molar-refractivity contribution is 7.95. The van der Waals surface area contributed by atoms with Gasteiger partial charge in [-0.2, -0.15) is 5.26 Å². The molecular weight excluding hydrogens is 310 g/mol. The Kier molecular flexibility index (Phi) is 4.69. The third kappa shape index (κ3) is 3.83. The molecule has 7 heteroatoms. The van der Waals surface area contributed by atoms with E-state index in [1.165, 1.54) is 24.3 Å². The number of hydrogen-bond acceptors (Lipinski definition) is 5. The van der Waals surface area contributed by atoms with Crippen molar-refractivity contribution in [2.24, 2.45) is 0 Å². The highest BCUT2D eigenvalue weighted by Gasteiger charge is 2.30. The minimum Gasteiger partial charge on any atom is -0.229 e. The molecule has 0 N–H and O–H groups in total. The maximum atomic E-state index is 12.2. The molecule has 1 aromatic rings. The molecule has 1 aliphatic rings. The number of nitriles is 1. The Bertz CT molecular complexity index is 754. The lowest BCUT2D eigenvalue weighted by molar-refractivity contribution is 0.576. The van der Waals surface area contributed by atoms with Gasteiger partial charge in [-0.15, -0.1) is 0 Å². The van der Waals surface area contributed by atoms with Crippen molar-refractivity contribution in [2.45, 2.75) is 35.8 Å². The SMILES string of the molecule is N#Cc1cccc(S(=O)(=O)CCS(=O)(=O)C2CCCC2)c1. The standard InChI is InChI=1S/C14H17NO4S2/c15-11-12-4-3-7-14(10-12)21(18,19)9-8-20(16,17)13-5-1-2-6-13/h3-4,7,10,13H,1-2,5-6,8-9H2. The molecule has 1 fully saturated rings. The van der Waals surface area contributed by atoms with Gasteiger partial charge < -0.3 is 0 Å². The summed E-state index contributed by atoms with van der Waals surface area (Å²) in [7, 11) is -7.05. The molecule has 0 aromatic heterocycles. The van der Waals surface area contributed by atoms with Crippen molar-refractivity contribution in [1.82, 2.24) is 0 Å². The van der Waals surface area contributed by atoms with E-state index < -0.39 is 30.7 Å². The minimum atomic E-state index is -3.69. The smallest absolute Gasteiger partial charge is 0.179 e. The van der Waals surface area contributed by atoms with Crippen LogP contribution in [-0.2, 0) is 19.7 Å². The van der Waals surface area contributed by atoms with Crippen LogP contribution in [-0.4, -0.2) is 33.6 Å². The Hall–Kier alpha value is -1.39. The van der Waals surface area contributed by atoms with E-state index in [0.717, 1.165) is 12.8 Å². The van der Waals surface area contributed by atoms with Crippen LogP contribution in [0.2, 0.25) is 0 Å². The molecule has 0 aliphatic heterocycles. The van der Waals surface area contributed by atoms with Gasteiger partial charge in [0, 0.05) is 0 Å². The summed E-state index contributed by atoms with van der Waals surface area (Å²) >= 11 is 0. The number of hydrogen-bond donors (Lipinski definition) is 0. The summed E-state index contributed by atoms with van der Waals surface area (Å²) in [6, 6.07) is 7.53. The van der Waals surface area contributed by atoms with Crippen LogP contribution in [0.4, 0.5) is 0 Å². The average molecular weight is 327 g/mol. The van der Waals surface area contributed by atoms with E-state index in [9.17, 15) is 16.8 Å². The molecule has 0 spiro atoms. The monoisotopic (exact) mass is 327 g/mol. The van der Waals surface area contributed by atoms with Crippen LogP contribution in [0, 0.1) is 11.3 Å². The fraction of sp³-hybridized carbons (Fsp3) is 0.500. The molecule has 0 radical (unpaired) electrons. The molecule has 0 amide bonds. The third-order valence-electron chi connectivity index (χ3n) is 3.77. The van der Waals surface area contributed by atoms with E-state index >= 15 is 0 Å². The van der Waals surface area contributed by atoms with E-state index in [4.69, 9.17) is 5.26 Å². The fourth-order valence-corrected chi connectivity index (χ4v) is 6.54. The largest absolute Gasteiger partial charge is 0.229 e. The van der Waals surface area contributed by atoms with Gasteiger partial charge in [0.2, 0.25) is 0 Å². The predicted octanol–water partition coefficient (Wildman–Crippen LogP) is 1.69. The molecular formula is C14H17NO4S2. The van der Waals surface area contributed by atoms with Gasteiger partial charge in [-0.1, -0.05) is 18.9 Å². The molecule has 1 aromatic carbocycles. The fourth-order valence-electron chi connectivity index (χ4n) is 2.52. The molecule has 1 saturated carbocycles. The van der Waals surface area contributed by atoms with Gasteiger partial charge >= 0.3 is 0 Å². The maximum absolute atomic E-state index is 12.2. The van der Waals surface area contributed by atoms with E-state index in [-0.39, 0.29) is 16.2 Å². The zero-order valence-electron chi connectivity index (χ0n) is 11.5. The number of nitrogens with zero attached hydrogens (tertiary/aromatic N) is 1. The topological polar surface area (TPSA) is 92.1 Å². The lowest BCUT2D eigenvalue weighted by Gasteiger charge is -2.11. The zero-order chi connectivity index (χ0) is 15.5. The summed E-state index contributed by atoms with van der Waals surface area (Å²) < 4.78 is 48.6. The van der Waals surface area contributed by atoms with Crippen molar-refractivity contribution < 1.29 is 16.8 Å². The molecule has 0 bridgehead atoms. The first-order chi connectivity index (χ1) is 9.85. The van der Waals surface area contributed by atoms with Crippen LogP contribution in [0.3, 0.4) is 0 Å². The summed E-state index contributed by atoms with van der Waals surface area (Å²) in [5, 5.41) is 8.40. The molecule has 0 atom stereocenters. The molecule has 21 heavy (non-hydrogen) atoms. The van der Waals surface area contributed by atoms with Gasteiger partial charge in [-0.3, -0.25) is 0 Å². The van der Waals surface area contributed by atoms with E-state index in [0.29, 0.717) is 12.8 Å². The summed E-state index contributed by atoms with van der Waals surface area (Å²) in [4.78, 5) is 0.00294. The molecule has 1 aliphatic carbocycles. The molecule has 114 valence electrons. The highest BCUT2D eigenvalue weighted by atomic mass is 32.2. The molecule has 0 heterocycles. The van der Waals surface area contributed by atoms with Crippen LogP contribution in [0.25, 0.3) is 0 Å². The summed E-state index contributed by atoms with van der Waals surface area (Å²) in [6.45, 7) is 0. The average Bonchev–Trinajstić information content (AvgIpc) is 3.01. The van der Waals surface area contributed by atoms with Crippen molar-refractivity contribution in [3.63, 3.8) is 0 Å². The Labute approximate surface area is 125 Å². The first-order valence-electron chi connectivity index (χ1n) is 6.80. The number of sulfone groups is 2. The second-order valence-corrected chi connectivity index (χ2v) is 9.74. The van der Waals surface area contributed by atoms with Gasteiger partial charge in [0.25, 0.3) is 0 Å². The van der Waals surface area contributed by atoms with E-state index in [1.54, 1.807) is 0 Å². The van der Waals surface area contributed by atoms with E-state index in [1.807, 2.05) is 6.07 Å². The van der Waals surface area contributed by atoms with Crippen LogP contribution >= 0.6 is 0 Å². The lowest BCUT2D eigenvalue weighted by Crippen LogP contribution is -2.25. The quantitative estimate of drug-likeness (QED) is 0.820. The van der Waals surface area contributed by atoms with Crippen molar-refractivity contribution in [3.8, 4) is 6.07 Å². The first kappa shape index (κ1) is 16.0. The van der Waals surface area contributed by atoms with Crippen molar-refractivity contribution in [1.29, 1.82) is 5.26 Å². The molecule has 0 unspecified atom stereocenters. The summed E-state index contributed by atoms with van der Waals surface area (Å²) in [6.07, 6.45) is 3.04. The Balaban J connectivity index is 2.13. The second kappa shape index (κ2) is 6.16. The van der Waals surface area contributed by atoms with Gasteiger partial charge in [-0.25, -0.2) is 16.8 Å². The van der Waals surface area contributed by atoms with Gasteiger partial charge in [-0.05, 0) is 31.0 Å². The zero-order valence-corrected chi connectivity index (χ0v) is 13.2. The van der Waals surface area contributed by atoms with Gasteiger partial charge in [0.15, 0.2) is 19.7 Å². The Morgan fingerprint density at radius 3 is 2.38 bits per heavy atom. The van der Waals surface area contributed by atoms with Crippen LogP contribution < -0.4 is 0 Å². The number of benzene rings is 1. The van der Waals surface area contributed by atoms with Crippen molar-refractivity contribution >= 4 is 19.7 Å². The highest BCUT2D eigenvalue weighted by Crippen LogP contribution is 2.25. The minimum absolute atomic E-state index is 0.00294. The maximum Gasteiger partial charge on any atom is 0.179 e.